The first-order chi connectivity index (χ1) is 6.61. The Labute approximate surface area is 88.3 Å². The van der Waals surface area contributed by atoms with Crippen LogP contribution in [-0.2, 0) is 4.79 Å². The van der Waals surface area contributed by atoms with Crippen LogP contribution in [0, 0.1) is 13.8 Å². The summed E-state index contributed by atoms with van der Waals surface area (Å²) in [6, 6.07) is 6.11. The van der Waals surface area contributed by atoms with Gasteiger partial charge in [0.1, 0.15) is 0 Å². The molecule has 0 amide bonds. The summed E-state index contributed by atoms with van der Waals surface area (Å²) in [5.74, 6) is -0.0950. The number of aliphatic carboxylic acids is 1. The minimum absolute atomic E-state index is 0.220. The number of carboxylic acids is 1. The molecule has 3 heteroatoms. The van der Waals surface area contributed by atoms with Gasteiger partial charge in [-0.25, -0.2) is 0 Å². The van der Waals surface area contributed by atoms with Gasteiger partial charge in [0.05, 0.1) is 6.42 Å². The molecule has 0 unspecified atom stereocenters. The van der Waals surface area contributed by atoms with Crippen LogP contribution in [0.15, 0.2) is 23.1 Å². The number of rotatable bonds is 4. The Kier molecular flexibility index (Phi) is 4.01. The zero-order chi connectivity index (χ0) is 10.6. The van der Waals surface area contributed by atoms with Gasteiger partial charge in [-0.1, -0.05) is 12.1 Å². The van der Waals surface area contributed by atoms with Crippen LogP contribution in [0.4, 0.5) is 0 Å². The Balaban J connectivity index is 2.59. The molecule has 1 rings (SSSR count). The lowest BCUT2D eigenvalue weighted by Gasteiger charge is -2.06. The fourth-order valence-corrected chi connectivity index (χ4v) is 2.18. The van der Waals surface area contributed by atoms with E-state index in [-0.39, 0.29) is 6.42 Å². The minimum Gasteiger partial charge on any atom is -0.481 e. The number of carboxylic acid groups (broad SMARTS) is 1. The molecule has 0 fully saturated rings. The first kappa shape index (κ1) is 11.1. The quantitative estimate of drug-likeness (QED) is 0.776. The van der Waals surface area contributed by atoms with Crippen molar-refractivity contribution in [2.24, 2.45) is 0 Å². The third kappa shape index (κ3) is 3.07. The van der Waals surface area contributed by atoms with Gasteiger partial charge in [-0.15, -0.1) is 11.8 Å². The molecule has 76 valence electrons. The highest BCUT2D eigenvalue weighted by molar-refractivity contribution is 7.99. The van der Waals surface area contributed by atoms with E-state index in [1.165, 1.54) is 16.0 Å². The van der Waals surface area contributed by atoms with Crippen molar-refractivity contribution in [3.05, 3.63) is 29.3 Å². The van der Waals surface area contributed by atoms with E-state index >= 15 is 0 Å². The highest BCUT2D eigenvalue weighted by Crippen LogP contribution is 2.24. The summed E-state index contributed by atoms with van der Waals surface area (Å²) in [5, 5.41) is 8.50. The van der Waals surface area contributed by atoms with Crippen molar-refractivity contribution in [3.63, 3.8) is 0 Å². The van der Waals surface area contributed by atoms with E-state index < -0.39 is 5.97 Å². The molecule has 1 aromatic rings. The van der Waals surface area contributed by atoms with E-state index in [9.17, 15) is 4.79 Å². The summed E-state index contributed by atoms with van der Waals surface area (Å²) in [4.78, 5) is 11.5. The van der Waals surface area contributed by atoms with Crippen molar-refractivity contribution in [2.45, 2.75) is 25.2 Å². The van der Waals surface area contributed by atoms with E-state index in [1.807, 2.05) is 12.1 Å². The molecule has 0 aromatic heterocycles. The summed E-state index contributed by atoms with van der Waals surface area (Å²) in [7, 11) is 0. The third-order valence-corrected chi connectivity index (χ3v) is 3.29. The number of thioether (sulfide) groups is 1. The van der Waals surface area contributed by atoms with Gasteiger partial charge in [0.2, 0.25) is 0 Å². The molecule has 14 heavy (non-hydrogen) atoms. The maximum absolute atomic E-state index is 10.3. The van der Waals surface area contributed by atoms with Gasteiger partial charge in [-0.2, -0.15) is 0 Å². The summed E-state index contributed by atoms with van der Waals surface area (Å²) in [6.07, 6.45) is 0.220. The first-order valence-electron chi connectivity index (χ1n) is 4.52. The van der Waals surface area contributed by atoms with Crippen LogP contribution in [0.2, 0.25) is 0 Å². The van der Waals surface area contributed by atoms with Crippen LogP contribution >= 0.6 is 11.8 Å². The Hall–Kier alpha value is -0.960. The van der Waals surface area contributed by atoms with Crippen LogP contribution < -0.4 is 0 Å². The first-order valence-corrected chi connectivity index (χ1v) is 5.50. The number of benzene rings is 1. The molecule has 2 nitrogen and oxygen atoms in total. The summed E-state index contributed by atoms with van der Waals surface area (Å²) < 4.78 is 0. The summed E-state index contributed by atoms with van der Waals surface area (Å²) >= 11 is 1.61. The van der Waals surface area contributed by atoms with Crippen molar-refractivity contribution in [3.8, 4) is 0 Å². The third-order valence-electron chi connectivity index (χ3n) is 2.13. The zero-order valence-corrected chi connectivity index (χ0v) is 9.23. The number of hydrogen-bond acceptors (Lipinski definition) is 2. The van der Waals surface area contributed by atoms with E-state index in [1.54, 1.807) is 11.8 Å². The number of aryl methyl sites for hydroxylation is 1. The fraction of sp³-hybridized carbons (Fsp3) is 0.364. The monoisotopic (exact) mass is 210 g/mol. The van der Waals surface area contributed by atoms with Crippen LogP contribution in [-0.4, -0.2) is 16.8 Å². The molecule has 0 spiro atoms. The Morgan fingerprint density at radius 2 is 2.14 bits per heavy atom. The highest BCUT2D eigenvalue weighted by Gasteiger charge is 2.02. The van der Waals surface area contributed by atoms with Crippen molar-refractivity contribution in [2.75, 3.05) is 5.75 Å². The topological polar surface area (TPSA) is 37.3 Å². The molecule has 0 aliphatic carbocycles. The van der Waals surface area contributed by atoms with Crippen LogP contribution in [0.25, 0.3) is 0 Å². The van der Waals surface area contributed by atoms with Gasteiger partial charge < -0.3 is 5.11 Å². The summed E-state index contributed by atoms with van der Waals surface area (Å²) in [5.41, 5.74) is 2.51. The lowest BCUT2D eigenvalue weighted by molar-refractivity contribution is -0.136. The molecule has 1 aromatic carbocycles. The van der Waals surface area contributed by atoms with Gasteiger partial charge in [-0.05, 0) is 31.0 Å². The Bertz CT molecular complexity index is 334. The van der Waals surface area contributed by atoms with E-state index in [0.717, 1.165) is 0 Å². The zero-order valence-electron chi connectivity index (χ0n) is 8.41. The number of hydrogen-bond donors (Lipinski definition) is 1. The SMILES string of the molecule is Cc1cccc(SCCC(=O)O)c1C. The molecule has 0 radical (unpaired) electrons. The second-order valence-corrected chi connectivity index (χ2v) is 4.33. The molecule has 0 saturated heterocycles. The van der Waals surface area contributed by atoms with Crippen molar-refractivity contribution in [1.82, 2.24) is 0 Å². The number of carbonyl (C=O) groups is 1. The van der Waals surface area contributed by atoms with Crippen molar-refractivity contribution < 1.29 is 9.90 Å². The van der Waals surface area contributed by atoms with Gasteiger partial charge in [0, 0.05) is 10.6 Å². The lowest BCUT2D eigenvalue weighted by atomic mass is 10.1. The Morgan fingerprint density at radius 1 is 1.43 bits per heavy atom. The highest BCUT2D eigenvalue weighted by atomic mass is 32.2. The standard InChI is InChI=1S/C11H14O2S/c1-8-4-3-5-10(9(8)2)14-7-6-11(12)13/h3-5H,6-7H2,1-2H3,(H,12,13). The second-order valence-electron chi connectivity index (χ2n) is 3.19. The maximum Gasteiger partial charge on any atom is 0.304 e. The van der Waals surface area contributed by atoms with E-state index in [0.29, 0.717) is 5.75 Å². The predicted molar refractivity (Wildman–Crippen MR) is 58.9 cm³/mol. The molecular weight excluding hydrogens is 196 g/mol. The van der Waals surface area contributed by atoms with Crippen LogP contribution in [0.3, 0.4) is 0 Å². The molecular formula is C11H14O2S. The fourth-order valence-electron chi connectivity index (χ4n) is 1.13. The van der Waals surface area contributed by atoms with Crippen molar-refractivity contribution in [1.29, 1.82) is 0 Å². The normalized spacial score (nSPS) is 10.1. The van der Waals surface area contributed by atoms with Crippen molar-refractivity contribution >= 4 is 17.7 Å². The van der Waals surface area contributed by atoms with Crippen LogP contribution in [0.5, 0.6) is 0 Å². The predicted octanol–water partition coefficient (Wildman–Crippen LogP) is 2.87. The lowest BCUT2D eigenvalue weighted by Crippen LogP contribution is -1.96. The molecule has 0 atom stereocenters. The average Bonchev–Trinajstić information content (AvgIpc) is 2.12. The molecule has 0 aliphatic rings. The molecule has 0 bridgehead atoms. The molecule has 0 aliphatic heterocycles. The maximum atomic E-state index is 10.3. The average molecular weight is 210 g/mol. The molecule has 1 N–H and O–H groups in total. The van der Waals surface area contributed by atoms with Gasteiger partial charge in [0.25, 0.3) is 0 Å². The summed E-state index contributed by atoms with van der Waals surface area (Å²) in [6.45, 7) is 4.13. The minimum atomic E-state index is -0.734. The largest absolute Gasteiger partial charge is 0.481 e. The molecule has 0 heterocycles. The smallest absolute Gasteiger partial charge is 0.304 e. The van der Waals surface area contributed by atoms with Gasteiger partial charge >= 0.3 is 5.97 Å². The van der Waals surface area contributed by atoms with Crippen LogP contribution in [0.1, 0.15) is 17.5 Å². The van der Waals surface area contributed by atoms with E-state index in [4.69, 9.17) is 5.11 Å². The van der Waals surface area contributed by atoms with Gasteiger partial charge in [-0.3, -0.25) is 4.79 Å². The van der Waals surface area contributed by atoms with Gasteiger partial charge in [0.15, 0.2) is 0 Å². The second kappa shape index (κ2) is 5.05. The Morgan fingerprint density at radius 3 is 2.79 bits per heavy atom. The molecule has 0 saturated carbocycles. The van der Waals surface area contributed by atoms with E-state index in [2.05, 4.69) is 19.9 Å².